The summed E-state index contributed by atoms with van der Waals surface area (Å²) in [6, 6.07) is 3.38. The Balaban J connectivity index is 1.78. The van der Waals surface area contributed by atoms with Crippen molar-refractivity contribution in [1.29, 1.82) is 0 Å². The van der Waals surface area contributed by atoms with Crippen molar-refractivity contribution in [3.8, 4) is 5.75 Å². The van der Waals surface area contributed by atoms with Gasteiger partial charge in [-0.15, -0.1) is 0 Å². The van der Waals surface area contributed by atoms with Gasteiger partial charge in [0.15, 0.2) is 47.3 Å². The maximum absolute atomic E-state index is 13.9. The molecule has 1 amide bonds. The molecule has 1 aromatic heterocycles. The highest BCUT2D eigenvalue weighted by atomic mass is 19.4. The van der Waals surface area contributed by atoms with E-state index >= 15 is 0 Å². The Morgan fingerprint density at radius 3 is 2.16 bits per heavy atom. The van der Waals surface area contributed by atoms with Crippen LogP contribution < -0.4 is 10.1 Å². The van der Waals surface area contributed by atoms with E-state index in [4.69, 9.17) is 4.74 Å². The Morgan fingerprint density at radius 2 is 1.59 bits per heavy atom. The van der Waals surface area contributed by atoms with E-state index in [2.05, 4.69) is 5.10 Å². The topological polar surface area (TPSA) is 56.2 Å². The van der Waals surface area contributed by atoms with Crippen molar-refractivity contribution in [2.24, 2.45) is 0 Å². The standard InChI is InChI=1S/C18H8F9N3O2/c19-7-1-2-10(8(20)5-7)32-6-30-4-3-9(29-30)17(31)28-16-14(23)12(21)11(18(25,26)27)13(22)15(16)24/h1-5H,6H2,(H,28,31). The van der Waals surface area contributed by atoms with Gasteiger partial charge < -0.3 is 10.1 Å². The third-order valence-corrected chi connectivity index (χ3v) is 3.90. The zero-order valence-corrected chi connectivity index (χ0v) is 15.2. The highest BCUT2D eigenvalue weighted by molar-refractivity contribution is 6.03. The molecular weight excluding hydrogens is 461 g/mol. The molecule has 0 bridgehead atoms. The second kappa shape index (κ2) is 8.43. The van der Waals surface area contributed by atoms with Crippen molar-refractivity contribution in [1.82, 2.24) is 9.78 Å². The molecular formula is C18H8F9N3O2. The van der Waals surface area contributed by atoms with Gasteiger partial charge in [-0.3, -0.25) is 4.79 Å². The van der Waals surface area contributed by atoms with E-state index in [-0.39, 0.29) is 5.75 Å². The predicted molar refractivity (Wildman–Crippen MR) is 88.4 cm³/mol. The summed E-state index contributed by atoms with van der Waals surface area (Å²) >= 11 is 0. The van der Waals surface area contributed by atoms with Crippen molar-refractivity contribution in [2.75, 3.05) is 5.32 Å². The van der Waals surface area contributed by atoms with Gasteiger partial charge in [0, 0.05) is 12.3 Å². The number of anilines is 1. The van der Waals surface area contributed by atoms with Gasteiger partial charge in [-0.25, -0.2) is 31.0 Å². The molecule has 32 heavy (non-hydrogen) atoms. The van der Waals surface area contributed by atoms with Crippen molar-refractivity contribution in [2.45, 2.75) is 12.9 Å². The molecule has 3 aromatic rings. The third-order valence-electron chi connectivity index (χ3n) is 3.90. The number of alkyl halides is 3. The largest absolute Gasteiger partial charge is 0.468 e. The quantitative estimate of drug-likeness (QED) is 0.422. The molecule has 1 N–H and O–H groups in total. The molecule has 2 aromatic carbocycles. The Hall–Kier alpha value is -3.71. The average Bonchev–Trinajstić information content (AvgIpc) is 3.17. The number of hydrogen-bond donors (Lipinski definition) is 1. The fourth-order valence-corrected chi connectivity index (χ4v) is 2.45. The number of amides is 1. The molecule has 0 aliphatic heterocycles. The molecule has 3 rings (SSSR count). The summed E-state index contributed by atoms with van der Waals surface area (Å²) < 4.78 is 125. The van der Waals surface area contributed by atoms with Crippen LogP contribution in [0.5, 0.6) is 5.75 Å². The lowest BCUT2D eigenvalue weighted by Gasteiger charge is -2.14. The number of carbonyl (C=O) groups is 1. The van der Waals surface area contributed by atoms with Crippen LogP contribution in [0.15, 0.2) is 30.5 Å². The van der Waals surface area contributed by atoms with Gasteiger partial charge in [0.05, 0.1) is 0 Å². The second-order valence-electron chi connectivity index (χ2n) is 6.05. The minimum absolute atomic E-state index is 0.368. The first-order valence-corrected chi connectivity index (χ1v) is 8.26. The van der Waals surface area contributed by atoms with Gasteiger partial charge in [0.1, 0.15) is 17.1 Å². The van der Waals surface area contributed by atoms with Crippen LogP contribution in [0.3, 0.4) is 0 Å². The van der Waals surface area contributed by atoms with Crippen LogP contribution in [0, 0.1) is 34.9 Å². The van der Waals surface area contributed by atoms with E-state index in [0.717, 1.165) is 29.1 Å². The molecule has 0 fully saturated rings. The van der Waals surface area contributed by atoms with E-state index in [0.29, 0.717) is 6.07 Å². The molecule has 0 aliphatic carbocycles. The van der Waals surface area contributed by atoms with E-state index in [1.54, 1.807) is 0 Å². The molecule has 0 radical (unpaired) electrons. The average molecular weight is 469 g/mol. The number of halogens is 9. The molecule has 14 heteroatoms. The lowest BCUT2D eigenvalue weighted by Crippen LogP contribution is -2.21. The Kier molecular flexibility index (Phi) is 6.05. The summed E-state index contributed by atoms with van der Waals surface area (Å²) in [6.45, 7) is -0.512. The predicted octanol–water partition coefficient (Wildman–Crippen LogP) is 5.03. The first kappa shape index (κ1) is 23.0. The molecule has 5 nitrogen and oxygen atoms in total. The molecule has 0 spiro atoms. The summed E-state index contributed by atoms with van der Waals surface area (Å²) in [5, 5.41) is 5.00. The highest BCUT2D eigenvalue weighted by Crippen LogP contribution is 2.38. The Labute approximate surface area is 172 Å². The zero-order chi connectivity index (χ0) is 23.8. The second-order valence-corrected chi connectivity index (χ2v) is 6.05. The van der Waals surface area contributed by atoms with Gasteiger partial charge in [-0.05, 0) is 18.2 Å². The van der Waals surface area contributed by atoms with Crippen molar-refractivity contribution < 1.29 is 49.0 Å². The monoisotopic (exact) mass is 469 g/mol. The van der Waals surface area contributed by atoms with Crippen LogP contribution in [0.1, 0.15) is 16.1 Å². The minimum Gasteiger partial charge on any atom is -0.468 e. The number of aromatic nitrogens is 2. The van der Waals surface area contributed by atoms with Crippen molar-refractivity contribution >= 4 is 11.6 Å². The number of nitrogens with zero attached hydrogens (tertiary/aromatic N) is 2. The van der Waals surface area contributed by atoms with E-state index in [9.17, 15) is 44.3 Å². The van der Waals surface area contributed by atoms with Crippen molar-refractivity contribution in [3.63, 3.8) is 0 Å². The molecule has 0 unspecified atom stereocenters. The summed E-state index contributed by atoms with van der Waals surface area (Å²) in [7, 11) is 0. The van der Waals surface area contributed by atoms with Gasteiger partial charge in [-0.1, -0.05) is 0 Å². The number of rotatable bonds is 5. The lowest BCUT2D eigenvalue weighted by atomic mass is 10.1. The summed E-state index contributed by atoms with van der Waals surface area (Å²) in [5.41, 5.74) is -5.18. The summed E-state index contributed by atoms with van der Waals surface area (Å²) in [5.74, 6) is -14.1. The van der Waals surface area contributed by atoms with Gasteiger partial charge >= 0.3 is 6.18 Å². The first-order chi connectivity index (χ1) is 14.9. The maximum atomic E-state index is 13.9. The Bertz CT molecular complexity index is 1160. The molecule has 0 saturated heterocycles. The number of carbonyl (C=O) groups excluding carboxylic acids is 1. The highest BCUT2D eigenvalue weighted by Gasteiger charge is 2.42. The van der Waals surface area contributed by atoms with Crippen LogP contribution in [0.2, 0.25) is 0 Å². The minimum atomic E-state index is -5.73. The van der Waals surface area contributed by atoms with Gasteiger partial charge in [0.2, 0.25) is 0 Å². The van der Waals surface area contributed by atoms with Gasteiger partial charge in [-0.2, -0.15) is 18.3 Å². The lowest BCUT2D eigenvalue weighted by molar-refractivity contribution is -0.143. The van der Waals surface area contributed by atoms with Gasteiger partial charge in [0.25, 0.3) is 5.91 Å². The number of hydrogen-bond acceptors (Lipinski definition) is 3. The van der Waals surface area contributed by atoms with E-state index in [1.165, 1.54) is 5.32 Å². The zero-order valence-electron chi connectivity index (χ0n) is 15.2. The smallest absolute Gasteiger partial charge is 0.422 e. The molecule has 0 aliphatic rings. The number of ether oxygens (including phenoxy) is 1. The maximum Gasteiger partial charge on any atom is 0.422 e. The fraction of sp³-hybridized carbons (Fsp3) is 0.111. The van der Waals surface area contributed by atoms with Crippen LogP contribution in [-0.2, 0) is 12.9 Å². The SMILES string of the molecule is O=C(Nc1c(F)c(F)c(C(F)(F)F)c(F)c1F)c1ccn(COc2ccc(F)cc2F)n1. The third kappa shape index (κ3) is 4.48. The molecule has 170 valence electrons. The number of nitrogens with one attached hydrogen (secondary N) is 1. The molecule has 0 atom stereocenters. The first-order valence-electron chi connectivity index (χ1n) is 8.26. The summed E-state index contributed by atoms with van der Waals surface area (Å²) in [6.07, 6.45) is -4.65. The van der Waals surface area contributed by atoms with Crippen molar-refractivity contribution in [3.05, 3.63) is 76.6 Å². The summed E-state index contributed by atoms with van der Waals surface area (Å²) in [4.78, 5) is 12.1. The van der Waals surface area contributed by atoms with E-state index in [1.807, 2.05) is 0 Å². The van der Waals surface area contributed by atoms with Crippen LogP contribution in [-0.4, -0.2) is 15.7 Å². The number of benzene rings is 2. The van der Waals surface area contributed by atoms with Crippen LogP contribution in [0.4, 0.5) is 45.2 Å². The normalized spacial score (nSPS) is 11.5. The fourth-order valence-electron chi connectivity index (χ4n) is 2.45. The Morgan fingerprint density at radius 1 is 0.969 bits per heavy atom. The van der Waals surface area contributed by atoms with E-state index < -0.39 is 70.7 Å². The van der Waals surface area contributed by atoms with Crippen LogP contribution >= 0.6 is 0 Å². The molecule has 1 heterocycles. The molecule has 0 saturated carbocycles. The van der Waals surface area contributed by atoms with Crippen LogP contribution in [0.25, 0.3) is 0 Å².